The topological polar surface area (TPSA) is 38.9 Å². The van der Waals surface area contributed by atoms with E-state index < -0.39 is 0 Å². The second-order valence-electron chi connectivity index (χ2n) is 7.50. The predicted molar refractivity (Wildman–Crippen MR) is 95.2 cm³/mol. The minimum atomic E-state index is 0.637. The molecule has 2 aromatic heterocycles. The van der Waals surface area contributed by atoms with E-state index in [0.717, 1.165) is 6.42 Å². The number of imidazole rings is 1. The Kier molecular flexibility index (Phi) is 4.44. The molecule has 0 radical (unpaired) electrons. The summed E-state index contributed by atoms with van der Waals surface area (Å²) in [6, 6.07) is 0.637. The van der Waals surface area contributed by atoms with E-state index in [1.807, 2.05) is 17.9 Å². The van der Waals surface area contributed by atoms with Crippen molar-refractivity contribution in [3.8, 4) is 0 Å². The molecule has 1 fully saturated rings. The van der Waals surface area contributed by atoms with Crippen LogP contribution in [0, 0.1) is 6.92 Å². The first kappa shape index (κ1) is 15.9. The molecule has 0 aromatic carbocycles. The maximum Gasteiger partial charge on any atom is 0.106 e. The summed E-state index contributed by atoms with van der Waals surface area (Å²) in [7, 11) is 1.99. The second kappa shape index (κ2) is 6.71. The first-order valence-corrected chi connectivity index (χ1v) is 9.47. The lowest BCUT2D eigenvalue weighted by molar-refractivity contribution is 0.317. The number of nitrogens with zero attached hydrogens (tertiary/aromatic N) is 5. The smallest absolute Gasteiger partial charge is 0.106 e. The first-order valence-electron chi connectivity index (χ1n) is 9.47. The molecule has 0 saturated carbocycles. The number of aryl methyl sites for hydroxylation is 4. The molecule has 24 heavy (non-hydrogen) atoms. The number of likely N-dealkylation sites (tertiary alicyclic amines) is 1. The van der Waals surface area contributed by atoms with E-state index in [9.17, 15) is 0 Å². The van der Waals surface area contributed by atoms with Gasteiger partial charge in [0.25, 0.3) is 0 Å². The van der Waals surface area contributed by atoms with E-state index in [0.29, 0.717) is 6.04 Å². The van der Waals surface area contributed by atoms with Crippen molar-refractivity contribution in [2.75, 3.05) is 19.6 Å². The van der Waals surface area contributed by atoms with E-state index in [1.54, 1.807) is 5.69 Å². The zero-order chi connectivity index (χ0) is 16.5. The molecule has 0 N–H and O–H groups in total. The Bertz CT molecular complexity index is 699. The van der Waals surface area contributed by atoms with Crippen LogP contribution in [0.1, 0.15) is 54.5 Å². The lowest BCUT2D eigenvalue weighted by Crippen LogP contribution is -2.24. The molecule has 1 aliphatic carbocycles. The third-order valence-electron chi connectivity index (χ3n) is 5.66. The van der Waals surface area contributed by atoms with Gasteiger partial charge in [0.05, 0.1) is 11.9 Å². The molecular weight excluding hydrogens is 298 g/mol. The van der Waals surface area contributed by atoms with Gasteiger partial charge >= 0.3 is 0 Å². The van der Waals surface area contributed by atoms with Crippen LogP contribution in [0.4, 0.5) is 0 Å². The summed E-state index contributed by atoms with van der Waals surface area (Å²) in [6.45, 7) is 5.81. The van der Waals surface area contributed by atoms with Gasteiger partial charge in [-0.15, -0.1) is 0 Å². The maximum atomic E-state index is 4.86. The standard InChI is InChI=1S/C19H29N5/c1-15-21-18-7-3-4-8-19(18)24(15)17-9-11-23(14-17)10-5-6-16-12-20-22(2)13-16/h12-13,17H,3-11,14H2,1-2H3. The molecule has 0 amide bonds. The molecule has 0 bridgehead atoms. The fraction of sp³-hybridized carbons (Fsp3) is 0.684. The summed E-state index contributed by atoms with van der Waals surface area (Å²) < 4.78 is 4.47. The van der Waals surface area contributed by atoms with Crippen LogP contribution in [0.2, 0.25) is 0 Å². The van der Waals surface area contributed by atoms with E-state index in [1.165, 1.54) is 75.2 Å². The Morgan fingerprint density at radius 1 is 1.25 bits per heavy atom. The van der Waals surface area contributed by atoms with Gasteiger partial charge in [-0.3, -0.25) is 4.68 Å². The van der Waals surface area contributed by atoms with Gasteiger partial charge in [-0.2, -0.15) is 5.10 Å². The SMILES string of the molecule is Cc1nc2c(n1C1CCN(CCCc3cnn(C)c3)C1)CCCC2. The van der Waals surface area contributed by atoms with E-state index in [2.05, 4.69) is 27.7 Å². The highest BCUT2D eigenvalue weighted by atomic mass is 15.2. The predicted octanol–water partition coefficient (Wildman–Crippen LogP) is 2.68. The molecule has 1 aliphatic heterocycles. The zero-order valence-corrected chi connectivity index (χ0v) is 15.0. The van der Waals surface area contributed by atoms with Gasteiger partial charge in [0, 0.05) is 38.1 Å². The van der Waals surface area contributed by atoms with Gasteiger partial charge in [0.15, 0.2) is 0 Å². The molecule has 1 unspecified atom stereocenters. The van der Waals surface area contributed by atoms with Crippen LogP contribution in [-0.2, 0) is 26.3 Å². The van der Waals surface area contributed by atoms with E-state index >= 15 is 0 Å². The minimum Gasteiger partial charge on any atom is -0.328 e. The molecule has 1 saturated heterocycles. The van der Waals surface area contributed by atoms with Gasteiger partial charge < -0.3 is 9.47 Å². The number of fused-ring (bicyclic) bond motifs is 1. The third kappa shape index (κ3) is 3.14. The van der Waals surface area contributed by atoms with Crippen LogP contribution in [0.3, 0.4) is 0 Å². The summed E-state index contributed by atoms with van der Waals surface area (Å²) in [5.74, 6) is 1.24. The largest absolute Gasteiger partial charge is 0.328 e. The molecule has 3 heterocycles. The maximum absolute atomic E-state index is 4.86. The van der Waals surface area contributed by atoms with Gasteiger partial charge in [0.1, 0.15) is 5.82 Å². The Balaban J connectivity index is 1.34. The average Bonchev–Trinajstić information content (AvgIpc) is 3.26. The Morgan fingerprint density at radius 3 is 2.96 bits per heavy atom. The van der Waals surface area contributed by atoms with Gasteiger partial charge in [-0.1, -0.05) is 0 Å². The van der Waals surface area contributed by atoms with Crippen molar-refractivity contribution in [2.24, 2.45) is 7.05 Å². The number of rotatable bonds is 5. The summed E-state index contributed by atoms with van der Waals surface area (Å²) in [6.07, 6.45) is 12.8. The van der Waals surface area contributed by atoms with Crippen LogP contribution in [-0.4, -0.2) is 43.9 Å². The molecule has 2 aliphatic rings. The van der Waals surface area contributed by atoms with Gasteiger partial charge in [0.2, 0.25) is 0 Å². The zero-order valence-electron chi connectivity index (χ0n) is 15.0. The quantitative estimate of drug-likeness (QED) is 0.847. The molecule has 2 aromatic rings. The van der Waals surface area contributed by atoms with E-state index in [-0.39, 0.29) is 0 Å². The summed E-state index contributed by atoms with van der Waals surface area (Å²) in [5.41, 5.74) is 4.28. The highest BCUT2D eigenvalue weighted by molar-refractivity contribution is 5.21. The Hall–Kier alpha value is -1.62. The van der Waals surface area contributed by atoms with Crippen molar-refractivity contribution in [3.05, 3.63) is 35.2 Å². The molecular formula is C19H29N5. The third-order valence-corrected chi connectivity index (χ3v) is 5.66. The van der Waals surface area contributed by atoms with Crippen molar-refractivity contribution in [1.82, 2.24) is 24.2 Å². The molecule has 130 valence electrons. The van der Waals surface area contributed by atoms with Crippen LogP contribution >= 0.6 is 0 Å². The van der Waals surface area contributed by atoms with Crippen molar-refractivity contribution in [2.45, 2.75) is 57.9 Å². The first-order chi connectivity index (χ1) is 11.7. The lowest BCUT2D eigenvalue weighted by Gasteiger charge is -2.21. The van der Waals surface area contributed by atoms with Crippen LogP contribution in [0.25, 0.3) is 0 Å². The average molecular weight is 327 g/mol. The molecule has 1 atom stereocenters. The fourth-order valence-electron chi connectivity index (χ4n) is 4.52. The fourth-order valence-corrected chi connectivity index (χ4v) is 4.52. The Morgan fingerprint density at radius 2 is 2.12 bits per heavy atom. The van der Waals surface area contributed by atoms with Gasteiger partial charge in [-0.25, -0.2) is 4.98 Å². The lowest BCUT2D eigenvalue weighted by atomic mass is 10.0. The Labute approximate surface area is 144 Å². The highest BCUT2D eigenvalue weighted by Gasteiger charge is 2.28. The summed E-state index contributed by atoms with van der Waals surface area (Å²) in [5, 5.41) is 4.26. The minimum absolute atomic E-state index is 0.637. The highest BCUT2D eigenvalue weighted by Crippen LogP contribution is 2.30. The molecule has 5 nitrogen and oxygen atoms in total. The monoisotopic (exact) mass is 327 g/mol. The number of hydrogen-bond acceptors (Lipinski definition) is 3. The van der Waals surface area contributed by atoms with Gasteiger partial charge in [-0.05, 0) is 64.0 Å². The normalized spacial score (nSPS) is 21.3. The molecule has 0 spiro atoms. The van der Waals surface area contributed by atoms with Crippen LogP contribution in [0.5, 0.6) is 0 Å². The number of aromatic nitrogens is 4. The van der Waals surface area contributed by atoms with Crippen molar-refractivity contribution in [3.63, 3.8) is 0 Å². The van der Waals surface area contributed by atoms with Crippen molar-refractivity contribution < 1.29 is 0 Å². The number of hydrogen-bond donors (Lipinski definition) is 0. The van der Waals surface area contributed by atoms with E-state index in [4.69, 9.17) is 4.98 Å². The molecule has 4 rings (SSSR count). The second-order valence-corrected chi connectivity index (χ2v) is 7.50. The molecule has 5 heteroatoms. The van der Waals surface area contributed by atoms with Crippen LogP contribution < -0.4 is 0 Å². The summed E-state index contributed by atoms with van der Waals surface area (Å²) >= 11 is 0. The van der Waals surface area contributed by atoms with Crippen molar-refractivity contribution >= 4 is 0 Å². The summed E-state index contributed by atoms with van der Waals surface area (Å²) in [4.78, 5) is 7.49. The van der Waals surface area contributed by atoms with Crippen molar-refractivity contribution in [1.29, 1.82) is 0 Å². The van der Waals surface area contributed by atoms with Crippen LogP contribution in [0.15, 0.2) is 12.4 Å².